The number of rotatable bonds is 7. The molecule has 8 heteroatoms. The number of amides is 1. The van der Waals surface area contributed by atoms with E-state index in [0.29, 0.717) is 18.5 Å². The summed E-state index contributed by atoms with van der Waals surface area (Å²) in [6.07, 6.45) is 4.40. The number of aromatic nitrogens is 1. The third-order valence-electron chi connectivity index (χ3n) is 5.15. The van der Waals surface area contributed by atoms with Crippen LogP contribution < -0.4 is 15.5 Å². The molecule has 0 unspecified atom stereocenters. The van der Waals surface area contributed by atoms with Crippen LogP contribution in [-0.4, -0.2) is 68.1 Å². The molecule has 1 aliphatic rings. The minimum absolute atomic E-state index is 0.0255. The van der Waals surface area contributed by atoms with Crippen molar-refractivity contribution in [2.24, 2.45) is 4.99 Å². The second kappa shape index (κ2) is 10.7. The van der Waals surface area contributed by atoms with E-state index in [-0.39, 0.29) is 12.5 Å². The molecule has 0 atom stereocenters. The summed E-state index contributed by atoms with van der Waals surface area (Å²) in [7, 11) is 3.48. The number of nitrogens with zero attached hydrogens (tertiary/aromatic N) is 4. The fourth-order valence-corrected chi connectivity index (χ4v) is 3.35. The van der Waals surface area contributed by atoms with Gasteiger partial charge in [0.15, 0.2) is 5.96 Å². The van der Waals surface area contributed by atoms with E-state index in [2.05, 4.69) is 37.6 Å². The number of anilines is 1. The molecule has 8 nitrogen and oxygen atoms in total. The highest BCUT2D eigenvalue weighted by atomic mass is 16.3. The van der Waals surface area contributed by atoms with Crippen LogP contribution in [-0.2, 0) is 11.2 Å². The van der Waals surface area contributed by atoms with Crippen molar-refractivity contribution in [3.05, 3.63) is 48.0 Å². The van der Waals surface area contributed by atoms with Gasteiger partial charge in [0, 0.05) is 51.9 Å². The summed E-state index contributed by atoms with van der Waals surface area (Å²) in [6.45, 7) is 4.69. The number of piperidine rings is 1. The zero-order valence-electron chi connectivity index (χ0n) is 18.1. The Morgan fingerprint density at radius 3 is 2.73 bits per heavy atom. The highest BCUT2D eigenvalue weighted by Crippen LogP contribution is 2.18. The Balaban J connectivity index is 1.54. The average Bonchev–Trinajstić information content (AvgIpc) is 3.25. The lowest BCUT2D eigenvalue weighted by atomic mass is 10.1. The number of aryl methyl sites for hydroxylation is 1. The van der Waals surface area contributed by atoms with E-state index in [1.54, 1.807) is 25.3 Å². The standard InChI is InChI=1S/C22H32N6O2/c1-17-6-4-8-20(25-17)28-13-10-18(11-14-28)26-22(24-16-21(29)27(2)3)23-12-9-19-7-5-15-30-19/h4-8,15,18H,9-14,16H2,1-3H3,(H2,23,24,26). The van der Waals surface area contributed by atoms with Gasteiger partial charge in [-0.15, -0.1) is 0 Å². The van der Waals surface area contributed by atoms with Crippen molar-refractivity contribution in [3.8, 4) is 0 Å². The first-order valence-corrected chi connectivity index (χ1v) is 10.5. The first-order chi connectivity index (χ1) is 14.5. The molecule has 2 aromatic rings. The van der Waals surface area contributed by atoms with Gasteiger partial charge in [0.05, 0.1) is 6.26 Å². The van der Waals surface area contributed by atoms with Crippen LogP contribution >= 0.6 is 0 Å². The third kappa shape index (κ3) is 6.50. The molecular formula is C22H32N6O2. The quantitative estimate of drug-likeness (QED) is 0.533. The molecule has 1 amide bonds. The average molecular weight is 413 g/mol. The summed E-state index contributed by atoms with van der Waals surface area (Å²) in [4.78, 5) is 25.0. The molecule has 0 saturated carbocycles. The monoisotopic (exact) mass is 412 g/mol. The van der Waals surface area contributed by atoms with Gasteiger partial charge < -0.3 is 24.9 Å². The summed E-state index contributed by atoms with van der Waals surface area (Å²) in [5, 5.41) is 6.84. The van der Waals surface area contributed by atoms with Crippen molar-refractivity contribution in [2.75, 3.05) is 45.2 Å². The minimum atomic E-state index is -0.0255. The minimum Gasteiger partial charge on any atom is -0.469 e. The number of hydrogen-bond donors (Lipinski definition) is 2. The summed E-state index contributed by atoms with van der Waals surface area (Å²) in [5.74, 6) is 2.60. The van der Waals surface area contributed by atoms with E-state index in [1.807, 2.05) is 25.1 Å². The van der Waals surface area contributed by atoms with E-state index >= 15 is 0 Å². The van der Waals surface area contributed by atoms with Crippen molar-refractivity contribution in [2.45, 2.75) is 32.2 Å². The first kappa shape index (κ1) is 21.7. The van der Waals surface area contributed by atoms with Crippen LogP contribution in [0.3, 0.4) is 0 Å². The van der Waals surface area contributed by atoms with Crippen molar-refractivity contribution in [3.63, 3.8) is 0 Å². The molecule has 1 aliphatic heterocycles. The van der Waals surface area contributed by atoms with Crippen LogP contribution in [0.1, 0.15) is 24.3 Å². The van der Waals surface area contributed by atoms with E-state index < -0.39 is 0 Å². The Morgan fingerprint density at radius 2 is 2.07 bits per heavy atom. The predicted molar refractivity (Wildman–Crippen MR) is 119 cm³/mol. The molecule has 3 heterocycles. The van der Waals surface area contributed by atoms with Gasteiger partial charge in [-0.3, -0.25) is 4.79 Å². The predicted octanol–water partition coefficient (Wildman–Crippen LogP) is 1.82. The number of guanidine groups is 1. The van der Waals surface area contributed by atoms with Crippen molar-refractivity contribution in [1.29, 1.82) is 0 Å². The van der Waals surface area contributed by atoms with Gasteiger partial charge >= 0.3 is 0 Å². The highest BCUT2D eigenvalue weighted by molar-refractivity contribution is 5.85. The normalized spacial score (nSPS) is 15.2. The fourth-order valence-electron chi connectivity index (χ4n) is 3.35. The maximum Gasteiger partial charge on any atom is 0.243 e. The summed E-state index contributed by atoms with van der Waals surface area (Å²) < 4.78 is 5.38. The Hall–Kier alpha value is -3.03. The highest BCUT2D eigenvalue weighted by Gasteiger charge is 2.21. The molecule has 1 fully saturated rings. The van der Waals surface area contributed by atoms with E-state index in [0.717, 1.165) is 49.6 Å². The molecule has 2 aromatic heterocycles. The van der Waals surface area contributed by atoms with Crippen LogP contribution in [0, 0.1) is 6.92 Å². The maximum absolute atomic E-state index is 12.0. The Kier molecular flexibility index (Phi) is 7.70. The van der Waals surface area contributed by atoms with Gasteiger partial charge in [0.2, 0.25) is 5.91 Å². The summed E-state index contributed by atoms with van der Waals surface area (Å²) >= 11 is 0. The van der Waals surface area contributed by atoms with Crippen LogP contribution in [0.2, 0.25) is 0 Å². The number of hydrogen-bond acceptors (Lipinski definition) is 5. The zero-order chi connectivity index (χ0) is 21.3. The van der Waals surface area contributed by atoms with E-state index in [1.165, 1.54) is 0 Å². The number of furan rings is 1. The number of carbonyl (C=O) groups excluding carboxylic acids is 1. The first-order valence-electron chi connectivity index (χ1n) is 10.5. The largest absolute Gasteiger partial charge is 0.469 e. The number of pyridine rings is 1. The Labute approximate surface area is 178 Å². The molecule has 0 spiro atoms. The number of aliphatic imine (C=N–C) groups is 1. The van der Waals surface area contributed by atoms with E-state index in [9.17, 15) is 4.79 Å². The molecule has 30 heavy (non-hydrogen) atoms. The topological polar surface area (TPSA) is 86.0 Å². The molecule has 2 N–H and O–H groups in total. The number of carbonyl (C=O) groups is 1. The van der Waals surface area contributed by atoms with Gasteiger partial charge in [-0.2, -0.15) is 0 Å². The van der Waals surface area contributed by atoms with Crippen LogP contribution in [0.25, 0.3) is 0 Å². The van der Waals surface area contributed by atoms with Gasteiger partial charge in [-0.1, -0.05) is 6.07 Å². The van der Waals surface area contributed by atoms with Gasteiger partial charge in [0.1, 0.15) is 18.1 Å². The lowest BCUT2D eigenvalue weighted by molar-refractivity contribution is -0.127. The van der Waals surface area contributed by atoms with Crippen LogP contribution in [0.5, 0.6) is 0 Å². The van der Waals surface area contributed by atoms with E-state index in [4.69, 9.17) is 4.42 Å². The van der Waals surface area contributed by atoms with Crippen LogP contribution in [0.15, 0.2) is 46.0 Å². The molecule has 0 radical (unpaired) electrons. The summed E-state index contributed by atoms with van der Waals surface area (Å²) in [5.41, 5.74) is 1.04. The molecule has 162 valence electrons. The van der Waals surface area contributed by atoms with Crippen molar-refractivity contribution < 1.29 is 9.21 Å². The number of likely N-dealkylation sites (N-methyl/N-ethyl adjacent to an activating group) is 1. The lowest BCUT2D eigenvalue weighted by Crippen LogP contribution is -2.49. The fraction of sp³-hybridized carbons (Fsp3) is 0.500. The molecule has 0 aliphatic carbocycles. The second-order valence-corrected chi connectivity index (χ2v) is 7.75. The molecule has 3 rings (SSSR count). The Bertz CT molecular complexity index is 826. The second-order valence-electron chi connectivity index (χ2n) is 7.75. The maximum atomic E-state index is 12.0. The third-order valence-corrected chi connectivity index (χ3v) is 5.15. The molecule has 1 saturated heterocycles. The Morgan fingerprint density at radius 1 is 1.27 bits per heavy atom. The molecule has 0 aromatic carbocycles. The van der Waals surface area contributed by atoms with Gasteiger partial charge in [-0.05, 0) is 44.0 Å². The molecular weight excluding hydrogens is 380 g/mol. The summed E-state index contributed by atoms with van der Waals surface area (Å²) in [6, 6.07) is 10.3. The van der Waals surface area contributed by atoms with Crippen molar-refractivity contribution in [1.82, 2.24) is 20.5 Å². The smallest absolute Gasteiger partial charge is 0.243 e. The number of nitrogens with one attached hydrogen (secondary N) is 2. The van der Waals surface area contributed by atoms with Crippen molar-refractivity contribution >= 4 is 17.7 Å². The SMILES string of the molecule is Cc1cccc(N2CCC(NC(=NCC(=O)N(C)C)NCCc3ccco3)CC2)n1. The lowest BCUT2D eigenvalue weighted by Gasteiger charge is -2.34. The zero-order valence-corrected chi connectivity index (χ0v) is 18.1. The molecule has 0 bridgehead atoms. The van der Waals surface area contributed by atoms with Crippen LogP contribution in [0.4, 0.5) is 5.82 Å². The van der Waals surface area contributed by atoms with Gasteiger partial charge in [0.25, 0.3) is 0 Å². The van der Waals surface area contributed by atoms with Gasteiger partial charge in [-0.25, -0.2) is 9.98 Å².